The van der Waals surface area contributed by atoms with E-state index in [-0.39, 0.29) is 34.9 Å². The molecular formula is C24H29ClF2N8O3S. The average molecular weight is 583 g/mol. The molecule has 2 aromatic heterocycles. The molecule has 39 heavy (non-hydrogen) atoms. The number of aromatic nitrogens is 4. The van der Waals surface area contributed by atoms with E-state index in [4.69, 9.17) is 22.3 Å². The number of halogens is 3. The minimum atomic E-state index is -3.24. The maximum absolute atomic E-state index is 14.6. The van der Waals surface area contributed by atoms with Crippen LogP contribution in [0.5, 0.6) is 0 Å². The second kappa shape index (κ2) is 10.8. The Morgan fingerprint density at radius 1 is 1.08 bits per heavy atom. The molecule has 4 N–H and O–H groups in total. The van der Waals surface area contributed by atoms with Gasteiger partial charge in [-0.2, -0.15) is 4.98 Å². The fraction of sp³-hybridized carbons (Fsp3) is 0.500. The van der Waals surface area contributed by atoms with Gasteiger partial charge in [-0.3, -0.25) is 9.36 Å². The molecule has 0 radical (unpaired) electrons. The lowest BCUT2D eigenvalue weighted by Crippen LogP contribution is -2.42. The molecule has 15 heteroatoms. The number of nitrogens with one attached hydrogen (secondary N) is 2. The molecule has 1 saturated heterocycles. The van der Waals surface area contributed by atoms with E-state index in [1.807, 2.05) is 0 Å². The summed E-state index contributed by atoms with van der Waals surface area (Å²) in [7, 11) is -3.24. The van der Waals surface area contributed by atoms with E-state index in [1.165, 1.54) is 16.8 Å². The number of imidazole rings is 1. The second-order valence-corrected chi connectivity index (χ2v) is 12.5. The van der Waals surface area contributed by atoms with E-state index in [0.29, 0.717) is 68.7 Å². The van der Waals surface area contributed by atoms with Crippen LogP contribution in [0.25, 0.3) is 11.2 Å². The monoisotopic (exact) mass is 582 g/mol. The first-order valence-electron chi connectivity index (χ1n) is 12.7. The number of hydrogen-bond donors (Lipinski definition) is 3. The number of hydrogen-bond acceptors (Lipinski definition) is 8. The second-order valence-electron chi connectivity index (χ2n) is 10.1. The zero-order chi connectivity index (χ0) is 27.9. The maximum Gasteiger partial charge on any atom is 0.224 e. The van der Waals surface area contributed by atoms with E-state index in [0.717, 1.165) is 12.1 Å². The van der Waals surface area contributed by atoms with Crippen molar-refractivity contribution in [2.75, 3.05) is 30.0 Å². The van der Waals surface area contributed by atoms with Crippen LogP contribution >= 0.6 is 11.6 Å². The summed E-state index contributed by atoms with van der Waals surface area (Å²) in [6.45, 7) is 0.790. The van der Waals surface area contributed by atoms with E-state index >= 15 is 0 Å². The van der Waals surface area contributed by atoms with Crippen molar-refractivity contribution < 1.29 is 22.0 Å². The number of nitrogens with zero attached hydrogens (tertiary/aromatic N) is 5. The molecule has 1 aromatic carbocycles. The van der Waals surface area contributed by atoms with Gasteiger partial charge in [-0.25, -0.2) is 31.5 Å². The van der Waals surface area contributed by atoms with Gasteiger partial charge in [0.25, 0.3) is 0 Å². The van der Waals surface area contributed by atoms with Crippen LogP contribution in [0, 0.1) is 17.6 Å². The van der Waals surface area contributed by atoms with Crippen molar-refractivity contribution in [1.82, 2.24) is 23.8 Å². The predicted molar refractivity (Wildman–Crippen MR) is 143 cm³/mol. The quantitative estimate of drug-likeness (QED) is 0.383. The number of nitrogens with two attached hydrogens (primary N) is 1. The molecule has 5 rings (SSSR count). The van der Waals surface area contributed by atoms with Crippen LogP contribution in [0.3, 0.4) is 0 Å². The molecule has 1 amide bonds. The van der Waals surface area contributed by atoms with Gasteiger partial charge in [0.15, 0.2) is 17.3 Å². The third kappa shape index (κ3) is 5.92. The number of carbonyl (C=O) groups is 1. The fourth-order valence-electron chi connectivity index (χ4n) is 5.30. The highest BCUT2D eigenvalue weighted by atomic mass is 35.5. The smallest absolute Gasteiger partial charge is 0.224 e. The summed E-state index contributed by atoms with van der Waals surface area (Å²) in [6, 6.07) is 1.83. The number of amides is 1. The largest absolute Gasteiger partial charge is 0.369 e. The average Bonchev–Trinajstić information content (AvgIpc) is 3.23. The number of piperidine rings is 1. The summed E-state index contributed by atoms with van der Waals surface area (Å²) in [5, 5.41) is 5.99. The van der Waals surface area contributed by atoms with Crippen molar-refractivity contribution >= 4 is 56.3 Å². The van der Waals surface area contributed by atoms with Crippen LogP contribution in [0.2, 0.25) is 5.02 Å². The van der Waals surface area contributed by atoms with Crippen LogP contribution in [0.15, 0.2) is 18.3 Å². The van der Waals surface area contributed by atoms with Crippen molar-refractivity contribution in [2.45, 2.75) is 50.6 Å². The van der Waals surface area contributed by atoms with Crippen molar-refractivity contribution in [3.63, 3.8) is 0 Å². The summed E-state index contributed by atoms with van der Waals surface area (Å²) in [6.07, 6.45) is 6.23. The Hall–Kier alpha value is -3.10. The lowest BCUT2D eigenvalue weighted by molar-refractivity contribution is -0.122. The van der Waals surface area contributed by atoms with Crippen LogP contribution in [-0.2, 0) is 14.8 Å². The Labute approximate surface area is 229 Å². The standard InChI is InChI=1S/C24H29ClF2N8O3S/c1-39(37,38)34-8-6-15(7-9-34)30-23-29-12-19-22(33-23)35(16-4-2-13(3-5-16)21(28)36)24(31-19)32-20-17(26)10-14(25)11-18(20)27/h10-13,15-16H,2-9H2,1H3,(H2,28,36)(H,31,32)(H,29,30,33). The number of benzene rings is 1. The molecule has 3 aromatic rings. The van der Waals surface area contributed by atoms with Gasteiger partial charge in [0.1, 0.15) is 11.2 Å². The Morgan fingerprint density at radius 3 is 2.31 bits per heavy atom. The molecular weight excluding hydrogens is 554 g/mol. The normalized spacial score (nSPS) is 21.2. The van der Waals surface area contributed by atoms with E-state index in [9.17, 15) is 22.0 Å². The van der Waals surface area contributed by atoms with Gasteiger partial charge in [0.2, 0.25) is 27.8 Å². The lowest BCUT2D eigenvalue weighted by atomic mass is 9.85. The maximum atomic E-state index is 14.6. The van der Waals surface area contributed by atoms with Crippen molar-refractivity contribution in [1.29, 1.82) is 0 Å². The van der Waals surface area contributed by atoms with Crippen LogP contribution < -0.4 is 16.4 Å². The summed E-state index contributed by atoms with van der Waals surface area (Å²) < 4.78 is 56.2. The SMILES string of the molecule is CS(=O)(=O)N1CCC(Nc2ncc3nc(Nc4c(F)cc(Cl)cc4F)n(C4CCC(C(N)=O)CC4)c3n2)CC1. The van der Waals surface area contributed by atoms with Gasteiger partial charge < -0.3 is 16.4 Å². The minimum Gasteiger partial charge on any atom is -0.369 e. The molecule has 1 aliphatic heterocycles. The van der Waals surface area contributed by atoms with E-state index in [2.05, 4.69) is 20.6 Å². The number of carbonyl (C=O) groups excluding carboxylic acids is 1. The molecule has 0 bridgehead atoms. The fourth-order valence-corrected chi connectivity index (χ4v) is 6.37. The van der Waals surface area contributed by atoms with Gasteiger partial charge in [0.05, 0.1) is 12.5 Å². The zero-order valence-electron chi connectivity index (χ0n) is 21.2. The highest BCUT2D eigenvalue weighted by Crippen LogP contribution is 2.38. The van der Waals surface area contributed by atoms with Crippen LogP contribution in [-0.4, -0.2) is 63.5 Å². The van der Waals surface area contributed by atoms with Crippen molar-refractivity contribution in [3.8, 4) is 0 Å². The van der Waals surface area contributed by atoms with Gasteiger partial charge in [-0.15, -0.1) is 0 Å². The molecule has 2 fully saturated rings. The topological polar surface area (TPSA) is 148 Å². The lowest BCUT2D eigenvalue weighted by Gasteiger charge is -2.30. The molecule has 3 heterocycles. The first-order chi connectivity index (χ1) is 18.5. The third-order valence-electron chi connectivity index (χ3n) is 7.40. The minimum absolute atomic E-state index is 0.0299. The third-order valence-corrected chi connectivity index (χ3v) is 8.92. The molecule has 1 saturated carbocycles. The van der Waals surface area contributed by atoms with Crippen LogP contribution in [0.4, 0.5) is 26.4 Å². The van der Waals surface area contributed by atoms with Gasteiger partial charge in [-0.05, 0) is 50.7 Å². The first-order valence-corrected chi connectivity index (χ1v) is 14.9. The van der Waals surface area contributed by atoms with Crippen molar-refractivity contribution in [3.05, 3.63) is 35.0 Å². The summed E-state index contributed by atoms with van der Waals surface area (Å²) in [5.74, 6) is -1.80. The summed E-state index contributed by atoms with van der Waals surface area (Å²) in [4.78, 5) is 25.3. The van der Waals surface area contributed by atoms with Gasteiger partial charge in [-0.1, -0.05) is 11.6 Å². The number of rotatable bonds is 7. The Bertz CT molecular complexity index is 1480. The molecule has 0 atom stereocenters. The molecule has 0 spiro atoms. The summed E-state index contributed by atoms with van der Waals surface area (Å²) >= 11 is 5.79. The molecule has 1 aliphatic carbocycles. The van der Waals surface area contributed by atoms with Crippen LogP contribution in [0.1, 0.15) is 44.6 Å². The van der Waals surface area contributed by atoms with E-state index < -0.39 is 27.3 Å². The number of sulfonamides is 1. The highest BCUT2D eigenvalue weighted by Gasteiger charge is 2.30. The van der Waals surface area contributed by atoms with Gasteiger partial charge >= 0.3 is 0 Å². The molecule has 0 unspecified atom stereocenters. The Morgan fingerprint density at radius 2 is 1.72 bits per heavy atom. The molecule has 2 aliphatic rings. The Balaban J connectivity index is 1.46. The van der Waals surface area contributed by atoms with Crippen molar-refractivity contribution in [2.24, 2.45) is 11.7 Å². The molecule has 11 nitrogen and oxygen atoms in total. The highest BCUT2D eigenvalue weighted by molar-refractivity contribution is 7.88. The number of fused-ring (bicyclic) bond motifs is 1. The number of primary amides is 1. The first kappa shape index (κ1) is 27.5. The zero-order valence-corrected chi connectivity index (χ0v) is 22.8. The predicted octanol–water partition coefficient (Wildman–Crippen LogP) is 3.55. The van der Waals surface area contributed by atoms with E-state index in [1.54, 1.807) is 4.57 Å². The van der Waals surface area contributed by atoms with Gasteiger partial charge in [0, 0.05) is 36.1 Å². The summed E-state index contributed by atoms with van der Waals surface area (Å²) in [5.41, 5.74) is 5.99. The Kier molecular flexibility index (Phi) is 7.62. The molecule has 210 valence electrons. The number of anilines is 3.